The van der Waals surface area contributed by atoms with Crippen molar-refractivity contribution < 1.29 is 24.2 Å². The molecule has 4 aromatic rings. The Morgan fingerprint density at radius 2 is 1.91 bits per heavy atom. The molecule has 7 nitrogen and oxygen atoms in total. The van der Waals surface area contributed by atoms with Crippen molar-refractivity contribution in [3.63, 3.8) is 0 Å². The zero-order valence-corrected chi connectivity index (χ0v) is 17.8. The van der Waals surface area contributed by atoms with Gasteiger partial charge in [0.15, 0.2) is 0 Å². The average Bonchev–Trinajstić information content (AvgIpc) is 3.17. The maximum Gasteiger partial charge on any atom is 0.337 e. The number of carbonyl (C=O) groups excluding carboxylic acids is 1. The molecule has 1 aliphatic heterocycles. The molecule has 0 amide bonds. The molecule has 2 heterocycles. The number of allylic oxidation sites excluding steroid dienone is 1. The molecule has 0 bridgehead atoms. The number of rotatable bonds is 4. The predicted molar refractivity (Wildman–Crippen MR) is 122 cm³/mol. The molecular weight excluding hydrogens is 420 g/mol. The molecule has 0 fully saturated rings. The van der Waals surface area contributed by atoms with Crippen molar-refractivity contribution in [1.29, 1.82) is 0 Å². The van der Waals surface area contributed by atoms with Crippen molar-refractivity contribution in [2.75, 3.05) is 7.11 Å². The molecule has 0 spiro atoms. The highest BCUT2D eigenvalue weighted by Crippen LogP contribution is 2.37. The molecule has 0 saturated heterocycles. The van der Waals surface area contributed by atoms with Gasteiger partial charge in [-0.05, 0) is 53.1 Å². The van der Waals surface area contributed by atoms with E-state index in [0.29, 0.717) is 24.5 Å². The number of methoxy groups -OCH3 is 1. The van der Waals surface area contributed by atoms with E-state index in [4.69, 9.17) is 9.47 Å². The fourth-order valence-electron chi connectivity index (χ4n) is 4.07. The van der Waals surface area contributed by atoms with E-state index in [-0.39, 0.29) is 5.56 Å². The molecule has 1 aliphatic rings. The van der Waals surface area contributed by atoms with Crippen LogP contribution < -0.4 is 4.74 Å². The summed E-state index contributed by atoms with van der Waals surface area (Å²) >= 11 is 0. The average molecular weight is 440 g/mol. The molecule has 0 atom stereocenters. The molecule has 0 aliphatic carbocycles. The Balaban J connectivity index is 1.63. The maximum absolute atomic E-state index is 12.0. The number of ether oxygens (including phenoxy) is 2. The Kier molecular flexibility index (Phi) is 5.14. The summed E-state index contributed by atoms with van der Waals surface area (Å²) in [5, 5.41) is 9.52. The van der Waals surface area contributed by atoms with Crippen LogP contribution in [0.15, 0.2) is 73.1 Å². The first-order valence-electron chi connectivity index (χ1n) is 10.4. The summed E-state index contributed by atoms with van der Waals surface area (Å²) in [5.41, 5.74) is 5.81. The van der Waals surface area contributed by atoms with E-state index in [2.05, 4.69) is 4.98 Å². The number of esters is 1. The van der Waals surface area contributed by atoms with E-state index in [1.807, 2.05) is 34.9 Å². The summed E-state index contributed by atoms with van der Waals surface area (Å²) in [7, 11) is 1.35. The van der Waals surface area contributed by atoms with E-state index >= 15 is 0 Å². The van der Waals surface area contributed by atoms with Gasteiger partial charge in [-0.25, -0.2) is 14.6 Å². The highest BCUT2D eigenvalue weighted by atomic mass is 16.5. The summed E-state index contributed by atoms with van der Waals surface area (Å²) in [4.78, 5) is 28.0. The van der Waals surface area contributed by atoms with Crippen LogP contribution >= 0.6 is 0 Å². The number of nitrogens with zero attached hydrogens (tertiary/aromatic N) is 2. The Bertz CT molecular complexity index is 1430. The Morgan fingerprint density at radius 3 is 2.73 bits per heavy atom. The van der Waals surface area contributed by atoms with Gasteiger partial charge in [-0.2, -0.15) is 0 Å². The van der Waals surface area contributed by atoms with Gasteiger partial charge in [-0.15, -0.1) is 0 Å². The highest BCUT2D eigenvalue weighted by molar-refractivity contribution is 5.94. The van der Waals surface area contributed by atoms with Gasteiger partial charge in [0.2, 0.25) is 0 Å². The molecule has 1 N–H and O–H groups in total. The van der Waals surface area contributed by atoms with E-state index in [0.717, 1.165) is 33.3 Å². The Labute approximate surface area is 189 Å². The zero-order valence-electron chi connectivity index (χ0n) is 17.8. The SMILES string of the molecule is COC(=O)c1ccc2ncn(CC=C3c4ccccc4COc4ccc(C(=O)O)cc43)c2c1. The lowest BCUT2D eigenvalue weighted by molar-refractivity contribution is 0.0600. The van der Waals surface area contributed by atoms with Crippen molar-refractivity contribution in [1.82, 2.24) is 9.55 Å². The lowest BCUT2D eigenvalue weighted by Crippen LogP contribution is -2.02. The summed E-state index contributed by atoms with van der Waals surface area (Å²) < 4.78 is 12.8. The van der Waals surface area contributed by atoms with Crippen LogP contribution in [0.4, 0.5) is 0 Å². The number of carboxylic acid groups (broad SMARTS) is 1. The first-order chi connectivity index (χ1) is 16.0. The minimum absolute atomic E-state index is 0.193. The summed E-state index contributed by atoms with van der Waals surface area (Å²) in [6.07, 6.45) is 3.75. The van der Waals surface area contributed by atoms with E-state index in [1.54, 1.807) is 42.7 Å². The number of hydrogen-bond donors (Lipinski definition) is 1. The van der Waals surface area contributed by atoms with Crippen molar-refractivity contribution >= 4 is 28.5 Å². The molecule has 0 saturated carbocycles. The molecular formula is C26H20N2O5. The van der Waals surface area contributed by atoms with Crippen molar-refractivity contribution in [2.45, 2.75) is 13.2 Å². The van der Waals surface area contributed by atoms with Gasteiger partial charge in [-0.3, -0.25) is 0 Å². The third kappa shape index (κ3) is 3.74. The minimum atomic E-state index is -0.995. The van der Waals surface area contributed by atoms with Gasteiger partial charge < -0.3 is 19.1 Å². The molecule has 164 valence electrons. The number of carbonyl (C=O) groups is 2. The number of fused-ring (bicyclic) bond motifs is 3. The molecule has 33 heavy (non-hydrogen) atoms. The van der Waals surface area contributed by atoms with Gasteiger partial charge in [0.05, 0.1) is 35.6 Å². The number of hydrogen-bond acceptors (Lipinski definition) is 5. The number of aromatic nitrogens is 2. The van der Waals surface area contributed by atoms with Crippen molar-refractivity contribution in [3.05, 3.63) is 101 Å². The normalized spacial score (nSPS) is 13.7. The second-order valence-corrected chi connectivity index (χ2v) is 7.67. The third-order valence-electron chi connectivity index (χ3n) is 5.74. The van der Waals surface area contributed by atoms with Crippen molar-refractivity contribution in [3.8, 4) is 5.75 Å². The van der Waals surface area contributed by atoms with Crippen LogP contribution in [-0.2, 0) is 17.9 Å². The molecule has 3 aromatic carbocycles. The lowest BCUT2D eigenvalue weighted by atomic mass is 9.93. The third-order valence-corrected chi connectivity index (χ3v) is 5.74. The monoisotopic (exact) mass is 440 g/mol. The second-order valence-electron chi connectivity index (χ2n) is 7.67. The predicted octanol–water partition coefficient (Wildman–Crippen LogP) is 4.55. The van der Waals surface area contributed by atoms with Crippen LogP contribution in [0.1, 0.15) is 37.4 Å². The quantitative estimate of drug-likeness (QED) is 0.469. The minimum Gasteiger partial charge on any atom is -0.488 e. The van der Waals surface area contributed by atoms with Gasteiger partial charge in [-0.1, -0.05) is 30.3 Å². The first-order valence-corrected chi connectivity index (χ1v) is 10.4. The smallest absolute Gasteiger partial charge is 0.337 e. The topological polar surface area (TPSA) is 90.6 Å². The standard InChI is InChI=1S/C26H20N2O5/c1-32-26(31)17-6-8-22-23(13-17)28(15-27-22)11-10-20-19-5-3-2-4-18(19)14-33-24-9-7-16(25(29)30)12-21(20)24/h2-10,12-13,15H,11,14H2,1H3,(H,29,30). The van der Waals surface area contributed by atoms with Crippen LogP contribution in [0.2, 0.25) is 0 Å². The molecule has 0 radical (unpaired) electrons. The molecule has 5 rings (SSSR count). The van der Waals surface area contributed by atoms with Crippen LogP contribution in [0.25, 0.3) is 16.6 Å². The van der Waals surface area contributed by atoms with Crippen LogP contribution in [0, 0.1) is 0 Å². The second kappa shape index (κ2) is 8.27. The summed E-state index contributed by atoms with van der Waals surface area (Å²) in [6.45, 7) is 0.852. The highest BCUT2D eigenvalue weighted by Gasteiger charge is 2.20. The zero-order chi connectivity index (χ0) is 22.9. The van der Waals surface area contributed by atoms with Gasteiger partial charge in [0.25, 0.3) is 0 Å². The lowest BCUT2D eigenvalue weighted by Gasteiger charge is -2.12. The summed E-state index contributed by atoms with van der Waals surface area (Å²) in [5.74, 6) is -0.774. The first kappa shape index (κ1) is 20.5. The van der Waals surface area contributed by atoms with Gasteiger partial charge >= 0.3 is 11.9 Å². The fraction of sp³-hybridized carbons (Fsp3) is 0.115. The largest absolute Gasteiger partial charge is 0.488 e. The number of carboxylic acids is 1. The van der Waals surface area contributed by atoms with Crippen LogP contribution in [0.3, 0.4) is 0 Å². The van der Waals surface area contributed by atoms with E-state index < -0.39 is 11.9 Å². The van der Waals surface area contributed by atoms with E-state index in [1.165, 1.54) is 7.11 Å². The van der Waals surface area contributed by atoms with E-state index in [9.17, 15) is 14.7 Å². The fourth-order valence-corrected chi connectivity index (χ4v) is 4.07. The van der Waals surface area contributed by atoms with Crippen LogP contribution in [0.5, 0.6) is 5.75 Å². The van der Waals surface area contributed by atoms with Crippen molar-refractivity contribution in [2.24, 2.45) is 0 Å². The summed E-state index contributed by atoms with van der Waals surface area (Å²) in [6, 6.07) is 18.0. The van der Waals surface area contributed by atoms with Gasteiger partial charge in [0, 0.05) is 12.1 Å². The number of aromatic carboxylic acids is 1. The van der Waals surface area contributed by atoms with Crippen LogP contribution in [-0.4, -0.2) is 33.7 Å². The number of imidazole rings is 1. The maximum atomic E-state index is 12.0. The molecule has 7 heteroatoms. The molecule has 1 aromatic heterocycles. The van der Waals surface area contributed by atoms with Gasteiger partial charge in [0.1, 0.15) is 12.4 Å². The Morgan fingerprint density at radius 1 is 1.09 bits per heavy atom. The number of benzene rings is 3. The molecule has 0 unspecified atom stereocenters. The Hall–Kier alpha value is -4.39.